The third-order valence-electron chi connectivity index (χ3n) is 2.08. The fourth-order valence-electron chi connectivity index (χ4n) is 1.02. The summed E-state index contributed by atoms with van der Waals surface area (Å²) in [7, 11) is 1.76. The Labute approximate surface area is 86.1 Å². The Bertz CT molecular complexity index is 326. The Morgan fingerprint density at radius 1 is 1.47 bits per heavy atom. The maximum Gasteiger partial charge on any atom is 0.282 e. The first kappa shape index (κ1) is 12.0. The van der Waals surface area contributed by atoms with Crippen molar-refractivity contribution in [3.8, 4) is 0 Å². The van der Waals surface area contributed by atoms with Crippen molar-refractivity contribution in [3.63, 3.8) is 0 Å². The Hall–Kier alpha value is -1.08. The lowest BCUT2D eigenvalue weighted by Crippen LogP contribution is -2.35. The van der Waals surface area contributed by atoms with Crippen LogP contribution in [0.2, 0.25) is 0 Å². The Morgan fingerprint density at radius 3 is 2.60 bits per heavy atom. The van der Waals surface area contributed by atoms with Gasteiger partial charge in [-0.15, -0.1) is 10.2 Å². The van der Waals surface area contributed by atoms with Gasteiger partial charge >= 0.3 is 0 Å². The maximum absolute atomic E-state index is 12.6. The van der Waals surface area contributed by atoms with Gasteiger partial charge in [-0.2, -0.15) is 0 Å². The van der Waals surface area contributed by atoms with Crippen LogP contribution < -0.4 is 5.32 Å². The molecule has 2 N–H and O–H groups in total. The third kappa shape index (κ3) is 3.21. The first-order valence-corrected chi connectivity index (χ1v) is 4.50. The van der Waals surface area contributed by atoms with Gasteiger partial charge in [0.2, 0.25) is 0 Å². The topological polar surface area (TPSA) is 63.0 Å². The van der Waals surface area contributed by atoms with Crippen molar-refractivity contribution >= 4 is 0 Å². The number of alkyl halides is 2. The van der Waals surface area contributed by atoms with Gasteiger partial charge < -0.3 is 15.0 Å². The first-order valence-electron chi connectivity index (χ1n) is 4.50. The molecule has 5 nitrogen and oxygen atoms in total. The molecule has 7 heteroatoms. The van der Waals surface area contributed by atoms with Gasteiger partial charge in [-0.25, -0.2) is 8.78 Å². The molecule has 0 bridgehead atoms. The highest BCUT2D eigenvalue weighted by Crippen LogP contribution is 2.09. The molecule has 0 unspecified atom stereocenters. The summed E-state index contributed by atoms with van der Waals surface area (Å²) in [5, 5.41) is 18.4. The fraction of sp³-hybridized carbons (Fsp3) is 0.750. The highest BCUT2D eigenvalue weighted by atomic mass is 19.3. The van der Waals surface area contributed by atoms with Crippen molar-refractivity contribution in [2.45, 2.75) is 19.4 Å². The lowest BCUT2D eigenvalue weighted by molar-refractivity contribution is -0.0478. The zero-order valence-electron chi connectivity index (χ0n) is 8.67. The summed E-state index contributed by atoms with van der Waals surface area (Å²) in [6, 6.07) is 0. The predicted molar refractivity (Wildman–Crippen MR) is 49.5 cm³/mol. The Balaban J connectivity index is 2.42. The molecule has 0 aliphatic heterocycles. The fourth-order valence-corrected chi connectivity index (χ4v) is 1.02. The molecule has 0 saturated carbocycles. The number of aromatic nitrogens is 3. The highest BCUT2D eigenvalue weighted by molar-refractivity contribution is 4.92. The van der Waals surface area contributed by atoms with Crippen LogP contribution in [-0.4, -0.2) is 38.9 Å². The molecule has 0 fully saturated rings. The molecule has 0 spiro atoms. The number of hydrogen-bond donors (Lipinski definition) is 2. The molecular formula is C8H14F2N4O. The largest absolute Gasteiger partial charge is 0.390 e. The second-order valence-electron chi connectivity index (χ2n) is 3.34. The molecule has 86 valence electrons. The number of hydrogen-bond acceptors (Lipinski definition) is 4. The van der Waals surface area contributed by atoms with Gasteiger partial charge in [0.1, 0.15) is 18.3 Å². The summed E-state index contributed by atoms with van der Waals surface area (Å²) in [5.41, 5.74) is 0. The molecule has 0 atom stereocenters. The quantitative estimate of drug-likeness (QED) is 0.724. The van der Waals surface area contributed by atoms with Crippen molar-refractivity contribution in [3.05, 3.63) is 11.6 Å². The van der Waals surface area contributed by atoms with Crippen LogP contribution >= 0.6 is 0 Å². The van der Waals surface area contributed by atoms with Gasteiger partial charge in [0, 0.05) is 7.05 Å². The smallest absolute Gasteiger partial charge is 0.282 e. The van der Waals surface area contributed by atoms with E-state index in [4.69, 9.17) is 5.11 Å². The van der Waals surface area contributed by atoms with Crippen molar-refractivity contribution in [1.82, 2.24) is 20.1 Å². The summed E-state index contributed by atoms with van der Waals surface area (Å²) in [6.45, 7) is 0.249. The van der Waals surface area contributed by atoms with Crippen LogP contribution in [0.1, 0.15) is 11.6 Å². The van der Waals surface area contributed by atoms with Gasteiger partial charge in [-0.3, -0.25) is 0 Å². The normalized spacial score (nSPS) is 12.1. The number of halogens is 2. The Morgan fingerprint density at radius 2 is 2.13 bits per heavy atom. The van der Waals surface area contributed by atoms with E-state index in [1.54, 1.807) is 18.5 Å². The minimum atomic E-state index is -3.09. The van der Waals surface area contributed by atoms with Crippen LogP contribution in [0.5, 0.6) is 0 Å². The van der Waals surface area contributed by atoms with Crippen LogP contribution in [0.4, 0.5) is 8.78 Å². The van der Waals surface area contributed by atoms with E-state index < -0.39 is 19.1 Å². The molecule has 0 saturated heterocycles. The molecule has 0 amide bonds. The molecule has 1 heterocycles. The minimum Gasteiger partial charge on any atom is -0.390 e. The summed E-state index contributed by atoms with van der Waals surface area (Å²) >= 11 is 0. The maximum atomic E-state index is 12.6. The second kappa shape index (κ2) is 4.63. The van der Waals surface area contributed by atoms with E-state index in [1.807, 2.05) is 0 Å². The first-order chi connectivity index (χ1) is 6.96. The average Bonchev–Trinajstić information content (AvgIpc) is 2.49. The lowest BCUT2D eigenvalue weighted by Gasteiger charge is -2.13. The molecule has 15 heavy (non-hydrogen) atoms. The number of aliphatic hydroxyl groups excluding tert-OH is 1. The van der Waals surface area contributed by atoms with Gasteiger partial charge in [0.05, 0.1) is 13.1 Å². The van der Waals surface area contributed by atoms with E-state index in [2.05, 4.69) is 15.5 Å². The highest BCUT2D eigenvalue weighted by Gasteiger charge is 2.26. The van der Waals surface area contributed by atoms with E-state index in [0.29, 0.717) is 5.82 Å². The predicted octanol–water partition coefficient (Wildman–Crippen LogP) is -0.159. The molecule has 1 rings (SSSR count). The summed E-state index contributed by atoms with van der Waals surface area (Å²) in [5.74, 6) is -1.78. The summed E-state index contributed by atoms with van der Waals surface area (Å²) < 4.78 is 26.9. The average molecular weight is 220 g/mol. The zero-order chi connectivity index (χ0) is 11.5. The number of rotatable bonds is 5. The van der Waals surface area contributed by atoms with Crippen LogP contribution in [0.25, 0.3) is 0 Å². The van der Waals surface area contributed by atoms with Crippen LogP contribution in [0.3, 0.4) is 0 Å². The molecule has 1 aromatic heterocycles. The van der Waals surface area contributed by atoms with Crippen LogP contribution in [-0.2, 0) is 13.6 Å². The second-order valence-corrected chi connectivity index (χ2v) is 3.34. The van der Waals surface area contributed by atoms with Gasteiger partial charge in [-0.05, 0) is 6.92 Å². The van der Waals surface area contributed by atoms with Crippen molar-refractivity contribution in [1.29, 1.82) is 0 Å². The lowest BCUT2D eigenvalue weighted by atomic mass is 10.3. The molecule has 0 aromatic carbocycles. The SMILES string of the molecule is Cc1nnc(CNCC(F)(F)CO)n1C. The molecule has 0 aliphatic carbocycles. The number of nitrogens with zero attached hydrogens (tertiary/aromatic N) is 3. The monoisotopic (exact) mass is 220 g/mol. The zero-order valence-corrected chi connectivity index (χ0v) is 8.67. The molecule has 0 aliphatic rings. The van der Waals surface area contributed by atoms with Crippen molar-refractivity contribution in [2.24, 2.45) is 7.05 Å². The van der Waals surface area contributed by atoms with Crippen LogP contribution in [0, 0.1) is 6.92 Å². The molecular weight excluding hydrogens is 206 g/mol. The standard InChI is InChI=1S/C8H14F2N4O/c1-6-12-13-7(14(6)2)3-11-4-8(9,10)5-15/h11,15H,3-5H2,1-2H3. The minimum absolute atomic E-state index is 0.201. The number of aryl methyl sites for hydroxylation is 1. The van der Waals surface area contributed by atoms with E-state index in [9.17, 15) is 8.78 Å². The van der Waals surface area contributed by atoms with Crippen molar-refractivity contribution < 1.29 is 13.9 Å². The van der Waals surface area contributed by atoms with E-state index in [0.717, 1.165) is 5.82 Å². The van der Waals surface area contributed by atoms with Gasteiger partial charge in [0.25, 0.3) is 5.92 Å². The van der Waals surface area contributed by atoms with E-state index >= 15 is 0 Å². The third-order valence-corrected chi connectivity index (χ3v) is 2.08. The van der Waals surface area contributed by atoms with Crippen molar-refractivity contribution in [2.75, 3.05) is 13.2 Å². The molecule has 1 aromatic rings. The molecule has 0 radical (unpaired) electrons. The van der Waals surface area contributed by atoms with Gasteiger partial charge in [0.15, 0.2) is 0 Å². The number of nitrogens with one attached hydrogen (secondary N) is 1. The van der Waals surface area contributed by atoms with Gasteiger partial charge in [-0.1, -0.05) is 0 Å². The summed E-state index contributed by atoms with van der Waals surface area (Å²) in [4.78, 5) is 0. The van der Waals surface area contributed by atoms with Crippen LogP contribution in [0.15, 0.2) is 0 Å². The van der Waals surface area contributed by atoms with E-state index in [1.165, 1.54) is 0 Å². The number of aliphatic hydroxyl groups is 1. The summed E-state index contributed by atoms with van der Waals surface area (Å²) in [6.07, 6.45) is 0. The van der Waals surface area contributed by atoms with E-state index in [-0.39, 0.29) is 6.54 Å². The Kier molecular flexibility index (Phi) is 3.70.